The van der Waals surface area contributed by atoms with E-state index in [0.717, 1.165) is 6.42 Å². The predicted octanol–water partition coefficient (Wildman–Crippen LogP) is 0.952. The van der Waals surface area contributed by atoms with Gasteiger partial charge in [-0.25, -0.2) is 0 Å². The average Bonchev–Trinajstić information content (AvgIpc) is 2.44. The Balaban J connectivity index is -0.000000158. The van der Waals surface area contributed by atoms with Crippen molar-refractivity contribution in [3.63, 3.8) is 0 Å². The Hall–Kier alpha value is -0.100. The van der Waals surface area contributed by atoms with Gasteiger partial charge in [0, 0.05) is 6.61 Å². The van der Waals surface area contributed by atoms with Crippen LogP contribution in [0.4, 0.5) is 0 Å². The summed E-state index contributed by atoms with van der Waals surface area (Å²) in [5, 5.41) is 24.4. The van der Waals surface area contributed by atoms with Crippen molar-refractivity contribution in [2.75, 3.05) is 6.61 Å². The third-order valence-electron chi connectivity index (χ3n) is 3.06. The molecule has 0 aliphatic heterocycles. The van der Waals surface area contributed by atoms with Gasteiger partial charge in [0.2, 0.25) is 0 Å². The van der Waals surface area contributed by atoms with Crippen molar-refractivity contribution in [2.45, 2.75) is 84.0 Å². The standard InChI is InChI=1S/C12H26O.C4H6O4.Na.H/c1-2-3-4-5-6-7-8-9-10-11-12-13;5-3(6)1-2-4(7)8;;/h13H,2-12H2,1H3;1-2H2,(H,5,6)(H,7,8);;/q;;+1;-1. The first kappa shape index (κ1) is 26.8. The fourth-order valence-corrected chi connectivity index (χ4v) is 1.81. The normalized spacial score (nSPS) is 9.36. The van der Waals surface area contributed by atoms with E-state index in [0.29, 0.717) is 6.61 Å². The minimum absolute atomic E-state index is 0. The summed E-state index contributed by atoms with van der Waals surface area (Å²) in [6, 6.07) is 0. The van der Waals surface area contributed by atoms with Crippen molar-refractivity contribution in [3.8, 4) is 0 Å². The maximum Gasteiger partial charge on any atom is 1.00 e. The molecule has 0 saturated carbocycles. The molecule has 22 heavy (non-hydrogen) atoms. The number of carboxylic acid groups (broad SMARTS) is 2. The molecule has 0 radical (unpaired) electrons. The van der Waals surface area contributed by atoms with E-state index in [1.165, 1.54) is 57.8 Å². The van der Waals surface area contributed by atoms with Crippen molar-refractivity contribution in [2.24, 2.45) is 0 Å². The predicted molar refractivity (Wildman–Crippen MR) is 84.5 cm³/mol. The Labute approximate surface area is 158 Å². The number of aliphatic carboxylic acids is 2. The molecule has 0 bridgehead atoms. The molecule has 128 valence electrons. The van der Waals surface area contributed by atoms with E-state index < -0.39 is 11.9 Å². The monoisotopic (exact) mass is 328 g/mol. The van der Waals surface area contributed by atoms with E-state index in [4.69, 9.17) is 15.3 Å². The molecule has 0 saturated heterocycles. The summed E-state index contributed by atoms with van der Waals surface area (Å²) in [5.41, 5.74) is 0. The van der Waals surface area contributed by atoms with Crippen LogP contribution in [0, 0.1) is 0 Å². The smallest absolute Gasteiger partial charge is 1.00 e. The number of aliphatic hydroxyl groups is 1. The van der Waals surface area contributed by atoms with Crippen LogP contribution in [-0.4, -0.2) is 33.9 Å². The van der Waals surface area contributed by atoms with Crippen LogP contribution in [0.25, 0.3) is 0 Å². The van der Waals surface area contributed by atoms with Crippen LogP contribution in [0.15, 0.2) is 0 Å². The maximum absolute atomic E-state index is 9.64. The van der Waals surface area contributed by atoms with Crippen molar-refractivity contribution in [1.82, 2.24) is 0 Å². The Bertz CT molecular complexity index is 229. The van der Waals surface area contributed by atoms with E-state index in [9.17, 15) is 9.59 Å². The third-order valence-corrected chi connectivity index (χ3v) is 3.06. The number of rotatable bonds is 13. The molecule has 0 aromatic heterocycles. The SMILES string of the molecule is CCCCCCCCCCCCO.O=C(O)CCC(=O)O.[H-].[Na+]. The van der Waals surface area contributed by atoms with E-state index >= 15 is 0 Å². The van der Waals surface area contributed by atoms with Gasteiger partial charge in [0.15, 0.2) is 0 Å². The Kier molecular flexibility index (Phi) is 28.2. The molecule has 3 N–H and O–H groups in total. The maximum atomic E-state index is 9.64. The second-order valence-corrected chi connectivity index (χ2v) is 5.19. The molecule has 0 aromatic rings. The summed E-state index contributed by atoms with van der Waals surface area (Å²) in [6.45, 7) is 2.63. The van der Waals surface area contributed by atoms with E-state index in [-0.39, 0.29) is 43.8 Å². The molecule has 0 aliphatic rings. The third kappa shape index (κ3) is 32.0. The molecule has 5 nitrogen and oxygen atoms in total. The molecule has 0 atom stereocenters. The topological polar surface area (TPSA) is 94.8 Å². The summed E-state index contributed by atoms with van der Waals surface area (Å²) in [6.07, 6.45) is 12.7. The first-order valence-electron chi connectivity index (χ1n) is 8.09. The van der Waals surface area contributed by atoms with E-state index in [2.05, 4.69) is 6.92 Å². The second-order valence-electron chi connectivity index (χ2n) is 5.19. The molecule has 0 fully saturated rings. The summed E-state index contributed by atoms with van der Waals surface area (Å²) in [4.78, 5) is 19.3. The van der Waals surface area contributed by atoms with Crippen LogP contribution in [0.5, 0.6) is 0 Å². The molecular formula is C16H33NaO5. The van der Waals surface area contributed by atoms with Crippen LogP contribution < -0.4 is 29.6 Å². The second kappa shape index (κ2) is 23.2. The minimum atomic E-state index is -1.08. The van der Waals surface area contributed by atoms with Crippen molar-refractivity contribution in [3.05, 3.63) is 0 Å². The van der Waals surface area contributed by atoms with Gasteiger partial charge in [0.05, 0.1) is 12.8 Å². The number of hydrogen-bond donors (Lipinski definition) is 3. The Morgan fingerprint density at radius 3 is 1.32 bits per heavy atom. The molecule has 0 heterocycles. The zero-order valence-corrected chi connectivity index (χ0v) is 16.4. The summed E-state index contributed by atoms with van der Waals surface area (Å²) >= 11 is 0. The van der Waals surface area contributed by atoms with Crippen LogP contribution in [0.2, 0.25) is 0 Å². The minimum Gasteiger partial charge on any atom is -1.00 e. The van der Waals surface area contributed by atoms with Gasteiger partial charge in [0.25, 0.3) is 0 Å². The first-order valence-corrected chi connectivity index (χ1v) is 8.09. The van der Waals surface area contributed by atoms with Gasteiger partial charge in [-0.1, -0.05) is 64.7 Å². The molecule has 0 spiro atoms. The summed E-state index contributed by atoms with van der Waals surface area (Å²) < 4.78 is 0. The van der Waals surface area contributed by atoms with Crippen molar-refractivity contribution in [1.29, 1.82) is 0 Å². The number of carbonyl (C=O) groups is 2. The van der Waals surface area contributed by atoms with Gasteiger partial charge >= 0.3 is 41.5 Å². The quantitative estimate of drug-likeness (QED) is 0.346. The molecule has 0 amide bonds. The molecule has 0 rings (SSSR count). The van der Waals surface area contributed by atoms with Gasteiger partial charge < -0.3 is 16.7 Å². The molecule has 0 unspecified atom stereocenters. The van der Waals surface area contributed by atoms with E-state index in [1.54, 1.807) is 0 Å². The Morgan fingerprint density at radius 1 is 0.727 bits per heavy atom. The zero-order chi connectivity index (χ0) is 16.3. The fraction of sp³-hybridized carbons (Fsp3) is 0.875. The zero-order valence-electron chi connectivity index (χ0n) is 15.4. The van der Waals surface area contributed by atoms with Gasteiger partial charge in [-0.05, 0) is 6.42 Å². The van der Waals surface area contributed by atoms with Gasteiger partial charge in [-0.15, -0.1) is 0 Å². The average molecular weight is 328 g/mol. The van der Waals surface area contributed by atoms with Crippen LogP contribution in [0.1, 0.15) is 85.4 Å². The van der Waals surface area contributed by atoms with Crippen molar-refractivity contribution >= 4 is 11.9 Å². The van der Waals surface area contributed by atoms with Gasteiger partial charge in [0.1, 0.15) is 0 Å². The van der Waals surface area contributed by atoms with Crippen molar-refractivity contribution < 1.29 is 55.9 Å². The molecular weight excluding hydrogens is 295 g/mol. The molecule has 6 heteroatoms. The first-order chi connectivity index (χ1) is 10.0. The number of carboxylic acids is 2. The number of hydrogen-bond acceptors (Lipinski definition) is 3. The summed E-state index contributed by atoms with van der Waals surface area (Å²) in [7, 11) is 0. The van der Waals surface area contributed by atoms with Crippen LogP contribution in [-0.2, 0) is 9.59 Å². The van der Waals surface area contributed by atoms with Gasteiger partial charge in [-0.2, -0.15) is 0 Å². The summed E-state index contributed by atoms with van der Waals surface area (Å²) in [5.74, 6) is -2.15. The van der Waals surface area contributed by atoms with Gasteiger partial charge in [-0.3, -0.25) is 9.59 Å². The fourth-order valence-electron chi connectivity index (χ4n) is 1.81. The Morgan fingerprint density at radius 2 is 1.05 bits per heavy atom. The largest absolute Gasteiger partial charge is 1.00 e. The number of unbranched alkanes of at least 4 members (excludes halogenated alkanes) is 9. The molecule has 0 aromatic carbocycles. The van der Waals surface area contributed by atoms with Crippen LogP contribution in [0.3, 0.4) is 0 Å². The number of aliphatic hydroxyl groups excluding tert-OH is 1. The molecule has 0 aliphatic carbocycles. The van der Waals surface area contributed by atoms with E-state index in [1.807, 2.05) is 0 Å². The van der Waals surface area contributed by atoms with Crippen LogP contribution >= 0.6 is 0 Å².